The minimum absolute atomic E-state index is 0.763. The molecule has 13 heavy (non-hydrogen) atoms. The van der Waals surface area contributed by atoms with Gasteiger partial charge < -0.3 is 5.11 Å². The van der Waals surface area contributed by atoms with Crippen LogP contribution < -0.4 is 5.32 Å². The molecule has 0 unspecified atom stereocenters. The molecule has 0 saturated carbocycles. The van der Waals surface area contributed by atoms with E-state index >= 15 is 0 Å². The third-order valence-corrected chi connectivity index (χ3v) is 3.38. The van der Waals surface area contributed by atoms with Gasteiger partial charge in [0.25, 0.3) is 0 Å². The lowest BCUT2D eigenvalue weighted by molar-refractivity contribution is 0.210. The summed E-state index contributed by atoms with van der Waals surface area (Å²) in [5.74, 6) is 0. The Hall–Kier alpha value is -1.03. The van der Waals surface area contributed by atoms with E-state index in [1.165, 1.54) is 23.3 Å². The van der Waals surface area contributed by atoms with Gasteiger partial charge in [-0.3, -0.25) is 5.32 Å². The fraction of sp³-hybridized carbons (Fsp3) is 0.444. The SMILES string of the molecule is O=C(O)Nc1cc2c(s1)CCCC2. The largest absolute Gasteiger partial charge is 0.465 e. The number of aryl methyl sites for hydroxylation is 2. The fourth-order valence-electron chi connectivity index (χ4n) is 1.66. The molecule has 0 aromatic carbocycles. The van der Waals surface area contributed by atoms with E-state index in [0.717, 1.165) is 17.8 Å². The molecule has 0 bridgehead atoms. The summed E-state index contributed by atoms with van der Waals surface area (Å²) in [7, 11) is 0. The fourth-order valence-corrected chi connectivity index (χ4v) is 2.80. The van der Waals surface area contributed by atoms with Crippen molar-refractivity contribution in [2.75, 3.05) is 5.32 Å². The summed E-state index contributed by atoms with van der Waals surface area (Å²) in [5.41, 5.74) is 1.33. The maximum absolute atomic E-state index is 10.4. The Morgan fingerprint density at radius 3 is 2.92 bits per heavy atom. The Bertz CT molecular complexity index is 309. The lowest BCUT2D eigenvalue weighted by Gasteiger charge is -2.08. The molecule has 4 heteroatoms. The molecule has 1 aliphatic rings. The number of hydrogen-bond donors (Lipinski definition) is 2. The average molecular weight is 197 g/mol. The highest BCUT2D eigenvalue weighted by atomic mass is 32.1. The van der Waals surface area contributed by atoms with E-state index in [4.69, 9.17) is 5.11 Å². The molecule has 0 atom stereocenters. The normalized spacial score (nSPS) is 15.1. The van der Waals surface area contributed by atoms with Crippen LogP contribution >= 0.6 is 11.3 Å². The standard InChI is InChI=1S/C9H11NO2S/c11-9(12)10-8-5-6-3-1-2-4-7(6)13-8/h5,10H,1-4H2,(H,11,12). The molecule has 1 aromatic heterocycles. The third-order valence-electron chi connectivity index (χ3n) is 2.23. The minimum Gasteiger partial charge on any atom is -0.465 e. The van der Waals surface area contributed by atoms with Crippen molar-refractivity contribution < 1.29 is 9.90 Å². The molecule has 0 fully saturated rings. The molecule has 2 rings (SSSR count). The maximum atomic E-state index is 10.4. The van der Waals surface area contributed by atoms with Crippen LogP contribution in [0.3, 0.4) is 0 Å². The zero-order valence-electron chi connectivity index (χ0n) is 7.17. The summed E-state index contributed by atoms with van der Waals surface area (Å²) in [6, 6.07) is 1.97. The van der Waals surface area contributed by atoms with E-state index in [9.17, 15) is 4.79 Å². The smallest absolute Gasteiger partial charge is 0.409 e. The summed E-state index contributed by atoms with van der Waals surface area (Å²) in [6.07, 6.45) is 3.71. The first-order valence-electron chi connectivity index (χ1n) is 4.37. The van der Waals surface area contributed by atoms with Crippen molar-refractivity contribution >= 4 is 22.4 Å². The van der Waals surface area contributed by atoms with Gasteiger partial charge in [-0.25, -0.2) is 4.79 Å². The first-order valence-corrected chi connectivity index (χ1v) is 5.19. The minimum atomic E-state index is -0.974. The second-order valence-electron chi connectivity index (χ2n) is 3.20. The summed E-state index contributed by atoms with van der Waals surface area (Å²) in [6.45, 7) is 0. The highest BCUT2D eigenvalue weighted by molar-refractivity contribution is 7.16. The predicted molar refractivity (Wildman–Crippen MR) is 52.6 cm³/mol. The molecule has 0 radical (unpaired) electrons. The van der Waals surface area contributed by atoms with Crippen LogP contribution in [0.15, 0.2) is 6.07 Å². The maximum Gasteiger partial charge on any atom is 0.409 e. The van der Waals surface area contributed by atoms with E-state index < -0.39 is 6.09 Å². The number of carbonyl (C=O) groups is 1. The van der Waals surface area contributed by atoms with Gasteiger partial charge in [0.2, 0.25) is 0 Å². The van der Waals surface area contributed by atoms with E-state index in [-0.39, 0.29) is 0 Å². The second-order valence-corrected chi connectivity index (χ2v) is 4.33. The Morgan fingerprint density at radius 1 is 1.46 bits per heavy atom. The number of carboxylic acid groups (broad SMARTS) is 1. The number of rotatable bonds is 1. The van der Waals surface area contributed by atoms with Crippen molar-refractivity contribution in [2.24, 2.45) is 0 Å². The van der Waals surface area contributed by atoms with Crippen LogP contribution in [0.2, 0.25) is 0 Å². The molecule has 0 spiro atoms. The second kappa shape index (κ2) is 3.38. The van der Waals surface area contributed by atoms with E-state index in [1.807, 2.05) is 6.07 Å². The van der Waals surface area contributed by atoms with E-state index in [2.05, 4.69) is 5.32 Å². The third kappa shape index (κ3) is 1.83. The molecule has 0 aliphatic heterocycles. The van der Waals surface area contributed by atoms with Crippen molar-refractivity contribution in [3.05, 3.63) is 16.5 Å². The molecule has 1 amide bonds. The van der Waals surface area contributed by atoms with Crippen LogP contribution in [-0.4, -0.2) is 11.2 Å². The van der Waals surface area contributed by atoms with Gasteiger partial charge in [0.05, 0.1) is 5.00 Å². The topological polar surface area (TPSA) is 49.3 Å². The van der Waals surface area contributed by atoms with Crippen LogP contribution in [0.25, 0.3) is 0 Å². The predicted octanol–water partition coefficient (Wildman–Crippen LogP) is 2.72. The van der Waals surface area contributed by atoms with Crippen molar-refractivity contribution in [3.8, 4) is 0 Å². The van der Waals surface area contributed by atoms with E-state index in [1.54, 1.807) is 11.3 Å². The lowest BCUT2D eigenvalue weighted by atomic mass is 10.00. The van der Waals surface area contributed by atoms with Gasteiger partial charge in [0, 0.05) is 4.88 Å². The number of hydrogen-bond acceptors (Lipinski definition) is 2. The van der Waals surface area contributed by atoms with Crippen LogP contribution in [-0.2, 0) is 12.8 Å². The highest BCUT2D eigenvalue weighted by Crippen LogP contribution is 2.32. The first kappa shape index (κ1) is 8.56. The van der Waals surface area contributed by atoms with Crippen LogP contribution in [0.5, 0.6) is 0 Å². The lowest BCUT2D eigenvalue weighted by Crippen LogP contribution is -2.05. The molecular weight excluding hydrogens is 186 g/mol. The number of thiophene rings is 1. The quantitative estimate of drug-likeness (QED) is 0.727. The summed E-state index contributed by atoms with van der Waals surface area (Å²) < 4.78 is 0. The molecule has 3 nitrogen and oxygen atoms in total. The van der Waals surface area contributed by atoms with Gasteiger partial charge in [-0.15, -0.1) is 11.3 Å². The van der Waals surface area contributed by atoms with Gasteiger partial charge in [-0.05, 0) is 37.3 Å². The highest BCUT2D eigenvalue weighted by Gasteiger charge is 2.13. The Kier molecular flexibility index (Phi) is 2.22. The molecule has 2 N–H and O–H groups in total. The van der Waals surface area contributed by atoms with Crippen molar-refractivity contribution in [3.63, 3.8) is 0 Å². The summed E-state index contributed by atoms with van der Waals surface area (Å²) >= 11 is 1.57. The van der Waals surface area contributed by atoms with Crippen molar-refractivity contribution in [2.45, 2.75) is 25.7 Å². The van der Waals surface area contributed by atoms with Gasteiger partial charge >= 0.3 is 6.09 Å². The van der Waals surface area contributed by atoms with Gasteiger partial charge in [0.1, 0.15) is 0 Å². The van der Waals surface area contributed by atoms with Crippen molar-refractivity contribution in [1.82, 2.24) is 0 Å². The molecule has 0 saturated heterocycles. The van der Waals surface area contributed by atoms with Gasteiger partial charge in [-0.2, -0.15) is 0 Å². The molecule has 1 heterocycles. The molecule has 1 aromatic rings. The first-order chi connectivity index (χ1) is 6.25. The number of anilines is 1. The number of nitrogens with one attached hydrogen (secondary N) is 1. The summed E-state index contributed by atoms with van der Waals surface area (Å²) in [5, 5.41) is 11.7. The van der Waals surface area contributed by atoms with Crippen LogP contribution in [0, 0.1) is 0 Å². The van der Waals surface area contributed by atoms with Gasteiger partial charge in [-0.1, -0.05) is 0 Å². The van der Waals surface area contributed by atoms with Crippen LogP contribution in [0.4, 0.5) is 9.80 Å². The zero-order valence-corrected chi connectivity index (χ0v) is 7.99. The molecular formula is C9H11NO2S. The number of amides is 1. The zero-order chi connectivity index (χ0) is 9.26. The Balaban J connectivity index is 2.20. The van der Waals surface area contributed by atoms with E-state index in [0.29, 0.717) is 0 Å². The average Bonchev–Trinajstić information content (AvgIpc) is 2.44. The molecule has 70 valence electrons. The molecule has 1 aliphatic carbocycles. The van der Waals surface area contributed by atoms with Gasteiger partial charge in [0.15, 0.2) is 0 Å². The summed E-state index contributed by atoms with van der Waals surface area (Å²) in [4.78, 5) is 11.7. The van der Waals surface area contributed by atoms with Crippen LogP contribution in [0.1, 0.15) is 23.3 Å². The Morgan fingerprint density at radius 2 is 2.23 bits per heavy atom. The van der Waals surface area contributed by atoms with Crippen molar-refractivity contribution in [1.29, 1.82) is 0 Å². The monoisotopic (exact) mass is 197 g/mol. The Labute approximate surface area is 80.4 Å². The number of fused-ring (bicyclic) bond motifs is 1.